The van der Waals surface area contributed by atoms with Gasteiger partial charge in [0.1, 0.15) is 6.54 Å². The van der Waals surface area contributed by atoms with Crippen LogP contribution in [-0.2, 0) is 19.6 Å². The average Bonchev–Trinajstić information content (AvgIpc) is 2.83. The molecule has 2 aromatic carbocycles. The Morgan fingerprint density at radius 1 is 1.15 bits per heavy atom. The number of esters is 1. The number of benzene rings is 2. The second-order valence-corrected chi connectivity index (χ2v) is 10.5. The maximum absolute atomic E-state index is 13.3. The third-order valence-electron chi connectivity index (χ3n) is 6.14. The van der Waals surface area contributed by atoms with Crippen molar-refractivity contribution in [3.63, 3.8) is 0 Å². The molecule has 1 aliphatic heterocycles. The number of piperidine rings is 1. The highest BCUT2D eigenvalue weighted by Gasteiger charge is 2.31. The molecule has 1 heterocycles. The van der Waals surface area contributed by atoms with Gasteiger partial charge in [0.05, 0.1) is 16.5 Å². The number of aryl methyl sites for hydroxylation is 1. The standard InChI is InChI=1S/C25H29N3O5S/c1-18-9-12-27(13-10-18)34(31,32)23-16-21(15-19(2)20(23)3)25(30)33-17-24(29)28(14-11-26)22-7-5-4-6-8-22/h4-8,15-16,18H,9-10,12-14,17H2,1-3H3. The lowest BCUT2D eigenvalue weighted by Crippen LogP contribution is -2.38. The fraction of sp³-hybridized carbons (Fsp3) is 0.400. The van der Waals surface area contributed by atoms with Crippen LogP contribution in [0.2, 0.25) is 0 Å². The molecule has 0 atom stereocenters. The number of carbonyl (C=O) groups excluding carboxylic acids is 2. The van der Waals surface area contributed by atoms with E-state index in [9.17, 15) is 18.0 Å². The Balaban J connectivity index is 1.78. The van der Waals surface area contributed by atoms with Crippen LogP contribution in [0, 0.1) is 31.1 Å². The fourth-order valence-electron chi connectivity index (χ4n) is 3.87. The molecule has 1 aliphatic rings. The van der Waals surface area contributed by atoms with Gasteiger partial charge in [0.25, 0.3) is 5.91 Å². The van der Waals surface area contributed by atoms with E-state index in [1.165, 1.54) is 15.3 Å². The Hall–Kier alpha value is -3.22. The number of para-hydroxylation sites is 1. The van der Waals surface area contributed by atoms with Crippen LogP contribution >= 0.6 is 0 Å². The van der Waals surface area contributed by atoms with Gasteiger partial charge in [-0.2, -0.15) is 9.57 Å². The lowest BCUT2D eigenvalue weighted by atomic mass is 10.0. The Morgan fingerprint density at radius 2 is 1.79 bits per heavy atom. The highest BCUT2D eigenvalue weighted by molar-refractivity contribution is 7.89. The maximum atomic E-state index is 13.3. The van der Waals surface area contributed by atoms with Crippen LogP contribution in [-0.4, -0.2) is 50.8 Å². The maximum Gasteiger partial charge on any atom is 0.338 e. The molecule has 9 heteroatoms. The van der Waals surface area contributed by atoms with Gasteiger partial charge >= 0.3 is 5.97 Å². The number of amides is 1. The summed E-state index contributed by atoms with van der Waals surface area (Å²) >= 11 is 0. The van der Waals surface area contributed by atoms with E-state index in [4.69, 9.17) is 10.00 Å². The lowest BCUT2D eigenvalue weighted by molar-refractivity contribution is -0.121. The Morgan fingerprint density at radius 3 is 2.41 bits per heavy atom. The molecular formula is C25H29N3O5S. The topological polar surface area (TPSA) is 108 Å². The molecule has 34 heavy (non-hydrogen) atoms. The smallest absolute Gasteiger partial charge is 0.338 e. The van der Waals surface area contributed by atoms with Crippen LogP contribution in [0.1, 0.15) is 41.3 Å². The number of carbonyl (C=O) groups is 2. The van der Waals surface area contributed by atoms with E-state index in [1.54, 1.807) is 50.2 Å². The number of ether oxygens (including phenoxy) is 1. The van der Waals surface area contributed by atoms with Crippen molar-refractivity contribution in [3.8, 4) is 6.07 Å². The molecule has 180 valence electrons. The van der Waals surface area contributed by atoms with Gasteiger partial charge in [-0.15, -0.1) is 0 Å². The first-order valence-electron chi connectivity index (χ1n) is 11.2. The summed E-state index contributed by atoms with van der Waals surface area (Å²) in [6.07, 6.45) is 1.59. The zero-order chi connectivity index (χ0) is 24.9. The Bertz CT molecular complexity index is 1200. The first-order chi connectivity index (χ1) is 16.1. The van der Waals surface area contributed by atoms with Crippen LogP contribution < -0.4 is 4.90 Å². The minimum absolute atomic E-state index is 0.0615. The largest absolute Gasteiger partial charge is 0.452 e. The molecule has 0 bridgehead atoms. The van der Waals surface area contributed by atoms with E-state index in [-0.39, 0.29) is 17.0 Å². The molecule has 0 saturated carbocycles. The normalized spacial score (nSPS) is 14.9. The number of hydrogen-bond donors (Lipinski definition) is 0. The van der Waals surface area contributed by atoms with Gasteiger partial charge in [-0.05, 0) is 68.0 Å². The van der Waals surface area contributed by atoms with E-state index >= 15 is 0 Å². The average molecular weight is 484 g/mol. The van der Waals surface area contributed by atoms with Crippen molar-refractivity contribution in [1.82, 2.24) is 4.31 Å². The van der Waals surface area contributed by atoms with Gasteiger partial charge < -0.3 is 4.74 Å². The molecule has 0 N–H and O–H groups in total. The van der Waals surface area contributed by atoms with Crippen molar-refractivity contribution in [2.45, 2.75) is 38.5 Å². The van der Waals surface area contributed by atoms with E-state index in [2.05, 4.69) is 6.92 Å². The Labute approximate surface area is 200 Å². The second-order valence-electron chi connectivity index (χ2n) is 8.55. The zero-order valence-corrected chi connectivity index (χ0v) is 20.5. The summed E-state index contributed by atoms with van der Waals surface area (Å²) in [4.78, 5) is 26.7. The summed E-state index contributed by atoms with van der Waals surface area (Å²) in [5.41, 5.74) is 1.79. The van der Waals surface area contributed by atoms with Crippen molar-refractivity contribution in [2.75, 3.05) is 31.1 Å². The Kier molecular flexibility index (Phi) is 8.07. The molecule has 2 aromatic rings. The molecule has 0 radical (unpaired) electrons. The molecule has 1 saturated heterocycles. The summed E-state index contributed by atoms with van der Waals surface area (Å²) in [5, 5.41) is 9.08. The summed E-state index contributed by atoms with van der Waals surface area (Å²) in [7, 11) is -3.77. The molecule has 0 spiro atoms. The number of hydrogen-bond acceptors (Lipinski definition) is 6. The first kappa shape index (κ1) is 25.4. The monoisotopic (exact) mass is 483 g/mol. The molecule has 0 aromatic heterocycles. The molecule has 8 nitrogen and oxygen atoms in total. The number of anilines is 1. The van der Waals surface area contributed by atoms with E-state index in [0.717, 1.165) is 12.8 Å². The van der Waals surface area contributed by atoms with Gasteiger partial charge in [-0.1, -0.05) is 25.1 Å². The summed E-state index contributed by atoms with van der Waals surface area (Å²) in [6.45, 7) is 5.67. The number of sulfonamides is 1. The predicted octanol–water partition coefficient (Wildman–Crippen LogP) is 3.44. The highest BCUT2D eigenvalue weighted by atomic mass is 32.2. The minimum Gasteiger partial charge on any atom is -0.452 e. The highest BCUT2D eigenvalue weighted by Crippen LogP contribution is 2.28. The number of nitrogens with zero attached hydrogens (tertiary/aromatic N) is 3. The fourth-order valence-corrected chi connectivity index (χ4v) is 5.66. The van der Waals surface area contributed by atoms with Crippen LogP contribution in [0.4, 0.5) is 5.69 Å². The molecule has 3 rings (SSSR count). The van der Waals surface area contributed by atoms with Crippen molar-refractivity contribution >= 4 is 27.6 Å². The van der Waals surface area contributed by atoms with Crippen LogP contribution in [0.25, 0.3) is 0 Å². The van der Waals surface area contributed by atoms with E-state index in [1.807, 2.05) is 6.07 Å². The minimum atomic E-state index is -3.77. The van der Waals surface area contributed by atoms with E-state index < -0.39 is 28.5 Å². The lowest BCUT2D eigenvalue weighted by Gasteiger charge is -2.30. The van der Waals surface area contributed by atoms with Crippen molar-refractivity contribution in [1.29, 1.82) is 5.26 Å². The van der Waals surface area contributed by atoms with Crippen molar-refractivity contribution in [2.24, 2.45) is 5.92 Å². The van der Waals surface area contributed by atoms with Gasteiger partial charge in [0.2, 0.25) is 10.0 Å². The molecule has 0 aliphatic carbocycles. The summed E-state index contributed by atoms with van der Waals surface area (Å²) < 4.78 is 33.3. The third-order valence-corrected chi connectivity index (χ3v) is 8.17. The van der Waals surface area contributed by atoms with Gasteiger partial charge in [0.15, 0.2) is 6.61 Å². The zero-order valence-electron chi connectivity index (χ0n) is 19.7. The summed E-state index contributed by atoms with van der Waals surface area (Å²) in [5.74, 6) is -0.880. The molecule has 1 fully saturated rings. The van der Waals surface area contributed by atoms with Crippen LogP contribution in [0.3, 0.4) is 0 Å². The quantitative estimate of drug-likeness (QED) is 0.441. The number of rotatable bonds is 7. The molecule has 1 amide bonds. The van der Waals surface area contributed by atoms with Gasteiger partial charge in [-0.25, -0.2) is 13.2 Å². The van der Waals surface area contributed by atoms with E-state index in [0.29, 0.717) is 35.8 Å². The SMILES string of the molecule is Cc1cc(C(=O)OCC(=O)N(CC#N)c2ccccc2)cc(S(=O)(=O)N2CCC(C)CC2)c1C. The summed E-state index contributed by atoms with van der Waals surface area (Å²) in [6, 6.07) is 13.4. The first-order valence-corrected chi connectivity index (χ1v) is 12.6. The van der Waals surface area contributed by atoms with Gasteiger partial charge in [-0.3, -0.25) is 9.69 Å². The van der Waals surface area contributed by atoms with Crippen molar-refractivity contribution < 1.29 is 22.7 Å². The molecule has 0 unspecified atom stereocenters. The predicted molar refractivity (Wildman–Crippen MR) is 128 cm³/mol. The molecular weight excluding hydrogens is 454 g/mol. The van der Waals surface area contributed by atoms with Crippen LogP contribution in [0.15, 0.2) is 47.4 Å². The van der Waals surface area contributed by atoms with Crippen molar-refractivity contribution in [3.05, 3.63) is 59.2 Å². The number of nitriles is 1. The second kappa shape index (κ2) is 10.8. The van der Waals surface area contributed by atoms with Crippen LogP contribution in [0.5, 0.6) is 0 Å². The van der Waals surface area contributed by atoms with Gasteiger partial charge in [0, 0.05) is 18.8 Å². The third kappa shape index (κ3) is 5.64.